The van der Waals surface area contributed by atoms with Gasteiger partial charge < -0.3 is 0 Å². The molecule has 0 atom stereocenters. The molecule has 0 saturated carbocycles. The molecule has 0 bridgehead atoms. The van der Waals surface area contributed by atoms with E-state index in [1.54, 1.807) is 11.9 Å². The zero-order valence-electron chi connectivity index (χ0n) is 7.34. The van der Waals surface area contributed by atoms with Gasteiger partial charge in [-0.15, -0.1) is 0 Å². The third-order valence-electron chi connectivity index (χ3n) is 1.50. The lowest BCUT2D eigenvalue weighted by molar-refractivity contribution is 0.776. The Morgan fingerprint density at radius 3 is 3.08 bits per heavy atom. The molecule has 0 aliphatic rings. The van der Waals surface area contributed by atoms with Gasteiger partial charge in [0, 0.05) is 11.4 Å². The minimum absolute atomic E-state index is 1.07. The lowest BCUT2D eigenvalue weighted by Crippen LogP contribution is -2.04. The summed E-state index contributed by atoms with van der Waals surface area (Å²) in [5.41, 5.74) is 0. The SMILES string of the molecule is CCCCNSc1[c]cccc1. The largest absolute Gasteiger partial charge is 0.260 e. The fourth-order valence-electron chi connectivity index (χ4n) is 0.818. The number of unbranched alkanes of at least 4 members (excludes halogenated alkanes) is 1. The van der Waals surface area contributed by atoms with E-state index >= 15 is 0 Å². The Morgan fingerprint density at radius 2 is 2.42 bits per heavy atom. The van der Waals surface area contributed by atoms with E-state index in [9.17, 15) is 0 Å². The van der Waals surface area contributed by atoms with Crippen LogP contribution in [0.25, 0.3) is 0 Å². The first-order chi connectivity index (χ1) is 5.93. The summed E-state index contributed by atoms with van der Waals surface area (Å²) in [6.45, 7) is 3.27. The highest BCUT2D eigenvalue weighted by atomic mass is 32.2. The van der Waals surface area contributed by atoms with Gasteiger partial charge in [0.05, 0.1) is 0 Å². The van der Waals surface area contributed by atoms with Crippen molar-refractivity contribution in [3.63, 3.8) is 0 Å². The molecular formula is C10H14NS. The van der Waals surface area contributed by atoms with Crippen molar-refractivity contribution in [2.24, 2.45) is 0 Å². The Bertz CT molecular complexity index is 198. The highest BCUT2D eigenvalue weighted by molar-refractivity contribution is 7.97. The summed E-state index contributed by atoms with van der Waals surface area (Å²) in [7, 11) is 0. The van der Waals surface area contributed by atoms with Gasteiger partial charge in [0.15, 0.2) is 0 Å². The Morgan fingerprint density at radius 1 is 1.50 bits per heavy atom. The van der Waals surface area contributed by atoms with Gasteiger partial charge in [0.2, 0.25) is 0 Å². The van der Waals surface area contributed by atoms with Crippen LogP contribution >= 0.6 is 11.9 Å². The van der Waals surface area contributed by atoms with Crippen molar-refractivity contribution in [1.82, 2.24) is 4.72 Å². The van der Waals surface area contributed by atoms with Crippen LogP contribution in [0.15, 0.2) is 29.2 Å². The predicted octanol–water partition coefficient (Wildman–Crippen LogP) is 2.88. The smallest absolute Gasteiger partial charge is 0.0306 e. The summed E-state index contributed by atoms with van der Waals surface area (Å²) in [6.07, 6.45) is 2.48. The van der Waals surface area contributed by atoms with Crippen molar-refractivity contribution in [2.45, 2.75) is 24.7 Å². The van der Waals surface area contributed by atoms with Crippen molar-refractivity contribution in [1.29, 1.82) is 0 Å². The van der Waals surface area contributed by atoms with Crippen LogP contribution in [0, 0.1) is 6.07 Å². The third-order valence-corrected chi connectivity index (χ3v) is 2.32. The maximum absolute atomic E-state index is 3.29. The lowest BCUT2D eigenvalue weighted by Gasteiger charge is -2.01. The average molecular weight is 180 g/mol. The van der Waals surface area contributed by atoms with Crippen LogP contribution in [-0.4, -0.2) is 6.54 Å². The zero-order chi connectivity index (χ0) is 8.65. The maximum Gasteiger partial charge on any atom is 0.0306 e. The predicted molar refractivity (Wildman–Crippen MR) is 54.0 cm³/mol. The maximum atomic E-state index is 3.29. The number of nitrogens with one attached hydrogen (secondary N) is 1. The van der Waals surface area contributed by atoms with Crippen LogP contribution < -0.4 is 4.72 Å². The van der Waals surface area contributed by atoms with Crippen molar-refractivity contribution < 1.29 is 0 Å². The van der Waals surface area contributed by atoms with Crippen LogP contribution in [0.5, 0.6) is 0 Å². The first-order valence-electron chi connectivity index (χ1n) is 4.30. The molecule has 0 fully saturated rings. The number of hydrogen-bond acceptors (Lipinski definition) is 2. The molecule has 1 radical (unpaired) electrons. The Hall–Kier alpha value is -0.470. The minimum atomic E-state index is 1.07. The van der Waals surface area contributed by atoms with Gasteiger partial charge in [0.25, 0.3) is 0 Å². The summed E-state index contributed by atoms with van der Waals surface area (Å²) in [5, 5.41) is 0. The highest BCUT2D eigenvalue weighted by Crippen LogP contribution is 2.11. The van der Waals surface area contributed by atoms with Gasteiger partial charge >= 0.3 is 0 Å². The Kier molecular flexibility index (Phi) is 4.88. The quantitative estimate of drug-likeness (QED) is 0.552. The van der Waals surface area contributed by atoms with E-state index in [-0.39, 0.29) is 0 Å². The number of benzene rings is 1. The average Bonchev–Trinajstić information content (AvgIpc) is 2.14. The molecule has 0 heterocycles. The molecule has 2 heteroatoms. The molecule has 0 aliphatic carbocycles. The molecule has 1 N–H and O–H groups in total. The second kappa shape index (κ2) is 6.09. The number of hydrogen-bond donors (Lipinski definition) is 1. The minimum Gasteiger partial charge on any atom is -0.260 e. The Labute approximate surface area is 78.7 Å². The summed E-state index contributed by atoms with van der Waals surface area (Å²) in [6, 6.07) is 11.1. The third kappa shape index (κ3) is 3.79. The van der Waals surface area contributed by atoms with E-state index in [1.165, 1.54) is 12.8 Å². The van der Waals surface area contributed by atoms with E-state index < -0.39 is 0 Å². The van der Waals surface area contributed by atoms with Crippen molar-refractivity contribution >= 4 is 11.9 Å². The summed E-state index contributed by atoms with van der Waals surface area (Å²) in [4.78, 5) is 1.16. The summed E-state index contributed by atoms with van der Waals surface area (Å²) < 4.78 is 3.29. The molecule has 1 aromatic rings. The summed E-state index contributed by atoms with van der Waals surface area (Å²) in [5.74, 6) is 0. The summed E-state index contributed by atoms with van der Waals surface area (Å²) >= 11 is 1.65. The van der Waals surface area contributed by atoms with E-state index in [4.69, 9.17) is 0 Å². The molecule has 0 spiro atoms. The fraction of sp³-hybridized carbons (Fsp3) is 0.400. The lowest BCUT2D eigenvalue weighted by atomic mass is 10.3. The van der Waals surface area contributed by atoms with Crippen LogP contribution in [0.2, 0.25) is 0 Å². The first kappa shape index (κ1) is 9.62. The molecular weight excluding hydrogens is 166 g/mol. The first-order valence-corrected chi connectivity index (χ1v) is 5.11. The van der Waals surface area contributed by atoms with Gasteiger partial charge in [-0.2, -0.15) is 0 Å². The molecule has 1 rings (SSSR count). The van der Waals surface area contributed by atoms with Crippen LogP contribution in [-0.2, 0) is 0 Å². The normalized spacial score (nSPS) is 10.1. The molecule has 0 saturated heterocycles. The van der Waals surface area contributed by atoms with Crippen molar-refractivity contribution in [2.75, 3.05) is 6.54 Å². The van der Waals surface area contributed by atoms with Crippen molar-refractivity contribution in [3.8, 4) is 0 Å². The molecule has 0 unspecified atom stereocenters. The van der Waals surface area contributed by atoms with Gasteiger partial charge in [-0.3, -0.25) is 4.72 Å². The van der Waals surface area contributed by atoms with Gasteiger partial charge in [-0.1, -0.05) is 31.5 Å². The second-order valence-corrected chi connectivity index (χ2v) is 3.51. The second-order valence-electron chi connectivity index (χ2n) is 2.58. The van der Waals surface area contributed by atoms with Gasteiger partial charge in [-0.25, -0.2) is 0 Å². The molecule has 0 aromatic heterocycles. The standard InChI is InChI=1S/C10H14NS/c1-2-3-9-11-12-10-7-5-4-6-8-10/h4-7,11H,2-3,9H2,1H3. The molecule has 0 aliphatic heterocycles. The topological polar surface area (TPSA) is 12.0 Å². The van der Waals surface area contributed by atoms with E-state index in [2.05, 4.69) is 23.8 Å². The zero-order valence-corrected chi connectivity index (χ0v) is 8.16. The molecule has 1 aromatic carbocycles. The van der Waals surface area contributed by atoms with Gasteiger partial charge in [0.1, 0.15) is 0 Å². The van der Waals surface area contributed by atoms with E-state index in [0.29, 0.717) is 0 Å². The van der Waals surface area contributed by atoms with Crippen molar-refractivity contribution in [3.05, 3.63) is 30.3 Å². The molecule has 1 nitrogen and oxygen atoms in total. The van der Waals surface area contributed by atoms with Gasteiger partial charge in [-0.05, 0) is 30.5 Å². The number of rotatable bonds is 5. The fourth-order valence-corrected chi connectivity index (χ4v) is 1.49. The molecule has 65 valence electrons. The Balaban J connectivity index is 2.16. The van der Waals surface area contributed by atoms with Crippen LogP contribution in [0.3, 0.4) is 0 Å². The van der Waals surface area contributed by atoms with E-state index in [0.717, 1.165) is 11.4 Å². The van der Waals surface area contributed by atoms with Crippen LogP contribution in [0.4, 0.5) is 0 Å². The van der Waals surface area contributed by atoms with E-state index in [1.807, 2.05) is 18.2 Å². The van der Waals surface area contributed by atoms with Crippen LogP contribution in [0.1, 0.15) is 19.8 Å². The molecule has 0 amide bonds. The highest BCUT2D eigenvalue weighted by Gasteiger charge is 1.90. The monoisotopic (exact) mass is 180 g/mol. The molecule has 12 heavy (non-hydrogen) atoms.